The van der Waals surface area contributed by atoms with E-state index in [9.17, 15) is 0 Å². The Morgan fingerprint density at radius 1 is 1.14 bits per heavy atom. The molecule has 2 atom stereocenters. The highest BCUT2D eigenvalue weighted by Crippen LogP contribution is 2.22. The number of rotatable bonds is 4. The van der Waals surface area contributed by atoms with Gasteiger partial charge in [0.2, 0.25) is 0 Å². The third-order valence-electron chi connectivity index (χ3n) is 5.20. The molecule has 2 aliphatic heterocycles. The third kappa shape index (κ3) is 3.65. The highest BCUT2D eigenvalue weighted by atomic mass is 15.3. The van der Waals surface area contributed by atoms with Crippen LogP contribution >= 0.6 is 0 Å². The molecule has 0 bridgehead atoms. The van der Waals surface area contributed by atoms with Crippen LogP contribution in [0, 0.1) is 0 Å². The van der Waals surface area contributed by atoms with E-state index >= 15 is 0 Å². The molecule has 0 amide bonds. The average molecular weight is 287 g/mol. The van der Waals surface area contributed by atoms with Gasteiger partial charge in [0, 0.05) is 19.1 Å². The second kappa shape index (κ2) is 6.91. The number of benzene rings is 1. The molecule has 0 radical (unpaired) electrons. The summed E-state index contributed by atoms with van der Waals surface area (Å²) in [6.07, 6.45) is 4.10. The van der Waals surface area contributed by atoms with Gasteiger partial charge in [-0.3, -0.25) is 9.80 Å². The molecule has 3 rings (SSSR count). The molecule has 116 valence electrons. The lowest BCUT2D eigenvalue weighted by molar-refractivity contribution is 0.215. The van der Waals surface area contributed by atoms with Crippen molar-refractivity contribution in [3.8, 4) is 0 Å². The lowest BCUT2D eigenvalue weighted by Crippen LogP contribution is -2.36. The molecule has 1 aromatic carbocycles. The van der Waals surface area contributed by atoms with E-state index in [2.05, 4.69) is 41.0 Å². The molecular weight excluding hydrogens is 258 g/mol. The van der Waals surface area contributed by atoms with Crippen molar-refractivity contribution in [3.05, 3.63) is 35.4 Å². The topological polar surface area (TPSA) is 32.5 Å². The van der Waals surface area contributed by atoms with E-state index in [1.807, 2.05) is 0 Å². The van der Waals surface area contributed by atoms with Crippen LogP contribution in [-0.4, -0.2) is 48.6 Å². The van der Waals surface area contributed by atoms with Gasteiger partial charge in [-0.2, -0.15) is 0 Å². The lowest BCUT2D eigenvalue weighted by atomic mass is 10.00. The largest absolute Gasteiger partial charge is 0.330 e. The molecule has 21 heavy (non-hydrogen) atoms. The molecule has 0 aromatic heterocycles. The van der Waals surface area contributed by atoms with Gasteiger partial charge in [0.25, 0.3) is 0 Å². The Balaban J connectivity index is 1.60. The summed E-state index contributed by atoms with van der Waals surface area (Å²) >= 11 is 0. The quantitative estimate of drug-likeness (QED) is 0.923. The fraction of sp³-hybridized carbons (Fsp3) is 0.667. The number of fused-ring (bicyclic) bond motifs is 1. The number of hydrogen-bond donors (Lipinski definition) is 1. The van der Waals surface area contributed by atoms with Crippen LogP contribution < -0.4 is 5.73 Å². The van der Waals surface area contributed by atoms with Crippen LogP contribution in [0.15, 0.2) is 24.3 Å². The summed E-state index contributed by atoms with van der Waals surface area (Å²) in [6, 6.07) is 9.90. The van der Waals surface area contributed by atoms with Crippen molar-refractivity contribution < 1.29 is 0 Å². The van der Waals surface area contributed by atoms with Crippen LogP contribution in [0.25, 0.3) is 0 Å². The molecule has 2 N–H and O–H groups in total. The van der Waals surface area contributed by atoms with E-state index in [1.54, 1.807) is 0 Å². The van der Waals surface area contributed by atoms with E-state index in [0.29, 0.717) is 5.92 Å². The monoisotopic (exact) mass is 287 g/mol. The van der Waals surface area contributed by atoms with Crippen molar-refractivity contribution in [2.24, 2.45) is 5.73 Å². The molecule has 1 aromatic rings. The first-order valence-corrected chi connectivity index (χ1v) is 8.51. The van der Waals surface area contributed by atoms with Crippen molar-refractivity contribution in [1.82, 2.24) is 9.80 Å². The smallest absolute Gasteiger partial charge is 0.0234 e. The van der Waals surface area contributed by atoms with Gasteiger partial charge in [-0.15, -0.1) is 0 Å². The Kier molecular flexibility index (Phi) is 4.94. The van der Waals surface area contributed by atoms with Gasteiger partial charge >= 0.3 is 0 Å². The standard InChI is InChI=1S/C18H29N3/c1-15(12-19)17-7-5-16(6-8-17)13-20-9-3-11-21-10-2-4-18(21)14-20/h5-8,15,18H,2-4,9-14,19H2,1H3. The van der Waals surface area contributed by atoms with Crippen LogP contribution in [0.4, 0.5) is 0 Å². The Morgan fingerprint density at radius 2 is 1.90 bits per heavy atom. The van der Waals surface area contributed by atoms with Crippen molar-refractivity contribution in [3.63, 3.8) is 0 Å². The van der Waals surface area contributed by atoms with Crippen molar-refractivity contribution in [2.75, 3.05) is 32.7 Å². The summed E-state index contributed by atoms with van der Waals surface area (Å²) in [4.78, 5) is 5.35. The van der Waals surface area contributed by atoms with Gasteiger partial charge in [-0.1, -0.05) is 31.2 Å². The van der Waals surface area contributed by atoms with Crippen LogP contribution in [0.5, 0.6) is 0 Å². The zero-order chi connectivity index (χ0) is 14.7. The van der Waals surface area contributed by atoms with E-state index < -0.39 is 0 Å². The molecule has 0 spiro atoms. The Labute approximate surface area is 129 Å². The molecule has 2 fully saturated rings. The minimum atomic E-state index is 0.462. The third-order valence-corrected chi connectivity index (χ3v) is 5.20. The fourth-order valence-electron chi connectivity index (χ4n) is 3.77. The molecule has 2 unspecified atom stereocenters. The summed E-state index contributed by atoms with van der Waals surface area (Å²) in [5, 5.41) is 0. The predicted octanol–water partition coefficient (Wildman–Crippen LogP) is 2.42. The molecule has 2 heterocycles. The summed E-state index contributed by atoms with van der Waals surface area (Å²) in [6.45, 7) is 9.14. The van der Waals surface area contributed by atoms with E-state index in [-0.39, 0.29) is 0 Å². The van der Waals surface area contributed by atoms with E-state index in [1.165, 1.54) is 56.6 Å². The van der Waals surface area contributed by atoms with Gasteiger partial charge in [0.1, 0.15) is 0 Å². The molecule has 3 heteroatoms. The normalized spacial score (nSPS) is 25.5. The first-order chi connectivity index (χ1) is 10.3. The van der Waals surface area contributed by atoms with Crippen LogP contribution in [-0.2, 0) is 6.54 Å². The van der Waals surface area contributed by atoms with E-state index in [4.69, 9.17) is 5.73 Å². The Morgan fingerprint density at radius 3 is 2.67 bits per heavy atom. The predicted molar refractivity (Wildman–Crippen MR) is 88.4 cm³/mol. The second-order valence-electron chi connectivity index (χ2n) is 6.80. The van der Waals surface area contributed by atoms with Gasteiger partial charge in [-0.05, 0) is 62.5 Å². The van der Waals surface area contributed by atoms with Gasteiger partial charge in [-0.25, -0.2) is 0 Å². The Hall–Kier alpha value is -0.900. The van der Waals surface area contributed by atoms with Gasteiger partial charge < -0.3 is 5.73 Å². The second-order valence-corrected chi connectivity index (χ2v) is 6.80. The highest BCUT2D eigenvalue weighted by Gasteiger charge is 2.28. The zero-order valence-electron chi connectivity index (χ0n) is 13.3. The van der Waals surface area contributed by atoms with Gasteiger partial charge in [0.15, 0.2) is 0 Å². The maximum atomic E-state index is 5.75. The first-order valence-electron chi connectivity index (χ1n) is 8.51. The van der Waals surface area contributed by atoms with Crippen molar-refractivity contribution in [2.45, 2.75) is 44.7 Å². The molecule has 2 aliphatic rings. The van der Waals surface area contributed by atoms with Crippen LogP contribution in [0.1, 0.15) is 43.2 Å². The van der Waals surface area contributed by atoms with Crippen LogP contribution in [0.3, 0.4) is 0 Å². The lowest BCUT2D eigenvalue weighted by Gasteiger charge is -2.25. The molecule has 2 saturated heterocycles. The number of nitrogens with zero attached hydrogens (tertiary/aromatic N) is 2. The minimum absolute atomic E-state index is 0.462. The minimum Gasteiger partial charge on any atom is -0.330 e. The summed E-state index contributed by atoms with van der Waals surface area (Å²) < 4.78 is 0. The summed E-state index contributed by atoms with van der Waals surface area (Å²) in [7, 11) is 0. The van der Waals surface area contributed by atoms with E-state index in [0.717, 1.165) is 19.1 Å². The molecule has 3 nitrogen and oxygen atoms in total. The van der Waals surface area contributed by atoms with Crippen molar-refractivity contribution in [1.29, 1.82) is 0 Å². The van der Waals surface area contributed by atoms with Gasteiger partial charge in [0.05, 0.1) is 0 Å². The maximum absolute atomic E-state index is 5.75. The van der Waals surface area contributed by atoms with Crippen molar-refractivity contribution >= 4 is 0 Å². The molecule has 0 aliphatic carbocycles. The number of nitrogens with two attached hydrogens (primary N) is 1. The number of hydrogen-bond acceptors (Lipinski definition) is 3. The first kappa shape index (κ1) is 15.0. The zero-order valence-corrected chi connectivity index (χ0v) is 13.3. The SMILES string of the molecule is CC(CN)c1ccc(CN2CCCN3CCCC3C2)cc1. The average Bonchev–Trinajstić information content (AvgIpc) is 2.86. The summed E-state index contributed by atoms with van der Waals surface area (Å²) in [5.41, 5.74) is 8.55. The Bertz CT molecular complexity index is 442. The molecule has 0 saturated carbocycles. The fourth-order valence-corrected chi connectivity index (χ4v) is 3.77. The molecular formula is C18H29N3. The maximum Gasteiger partial charge on any atom is 0.0234 e. The van der Waals surface area contributed by atoms with Crippen LogP contribution in [0.2, 0.25) is 0 Å². The summed E-state index contributed by atoms with van der Waals surface area (Å²) in [5.74, 6) is 0.462. The highest BCUT2D eigenvalue weighted by molar-refractivity contribution is 5.25.